The number of nitrogens with one attached hydrogen (secondary N) is 1. The van der Waals surface area contributed by atoms with Gasteiger partial charge in [0.1, 0.15) is 5.75 Å². The van der Waals surface area contributed by atoms with Crippen molar-refractivity contribution in [3.63, 3.8) is 0 Å². The topological polar surface area (TPSA) is 48.4 Å². The molecule has 0 fully saturated rings. The maximum absolute atomic E-state index is 10.1. The van der Waals surface area contributed by atoms with Gasteiger partial charge in [0.25, 0.3) is 0 Å². The lowest BCUT2D eigenvalue weighted by Gasteiger charge is -2.21. The minimum atomic E-state index is 0.130. The van der Waals surface area contributed by atoms with Gasteiger partial charge in [-0.25, -0.2) is 0 Å². The molecule has 0 aliphatic rings. The zero-order chi connectivity index (χ0) is 14.5. The summed E-state index contributed by atoms with van der Waals surface area (Å²) in [5, 5.41) is 13.3. The van der Waals surface area contributed by atoms with Gasteiger partial charge in [0.05, 0.1) is 12.2 Å². The molecular formula is C16H21N3O. The summed E-state index contributed by atoms with van der Waals surface area (Å²) in [6.45, 7) is 2.73. The van der Waals surface area contributed by atoms with Crippen molar-refractivity contribution in [3.05, 3.63) is 53.9 Å². The van der Waals surface area contributed by atoms with Crippen LogP contribution in [-0.2, 0) is 6.54 Å². The summed E-state index contributed by atoms with van der Waals surface area (Å²) in [5.74, 6) is 0.317. The van der Waals surface area contributed by atoms with Crippen LogP contribution in [0.25, 0.3) is 0 Å². The van der Waals surface area contributed by atoms with Crippen LogP contribution < -0.4 is 10.2 Å². The number of anilines is 1. The molecule has 0 spiro atoms. The summed E-state index contributed by atoms with van der Waals surface area (Å²) >= 11 is 0. The first-order chi connectivity index (χ1) is 9.61. The molecule has 106 valence electrons. The van der Waals surface area contributed by atoms with Crippen LogP contribution in [0, 0.1) is 0 Å². The molecule has 1 atom stereocenters. The number of hydrogen-bond acceptors (Lipinski definition) is 4. The van der Waals surface area contributed by atoms with Gasteiger partial charge >= 0.3 is 0 Å². The SMILES string of the molecule is CNC(C)c1ccc(N(C)Cc2ccccn2)cc1O. The highest BCUT2D eigenvalue weighted by atomic mass is 16.3. The molecule has 0 bridgehead atoms. The van der Waals surface area contributed by atoms with E-state index < -0.39 is 0 Å². The highest BCUT2D eigenvalue weighted by molar-refractivity contribution is 5.53. The molecule has 2 rings (SSSR count). The minimum absolute atomic E-state index is 0.130. The van der Waals surface area contributed by atoms with E-state index in [1.807, 2.05) is 51.4 Å². The molecule has 1 aromatic heterocycles. The fraction of sp³-hybridized carbons (Fsp3) is 0.312. The zero-order valence-corrected chi connectivity index (χ0v) is 12.2. The second-order valence-electron chi connectivity index (χ2n) is 4.93. The highest BCUT2D eigenvalue weighted by Gasteiger charge is 2.11. The molecule has 2 N–H and O–H groups in total. The Morgan fingerprint density at radius 3 is 2.70 bits per heavy atom. The average Bonchev–Trinajstić information content (AvgIpc) is 2.47. The highest BCUT2D eigenvalue weighted by Crippen LogP contribution is 2.28. The molecule has 0 aliphatic carbocycles. The molecule has 1 aromatic carbocycles. The molecule has 0 saturated heterocycles. The van der Waals surface area contributed by atoms with Crippen LogP contribution in [0.2, 0.25) is 0 Å². The predicted molar refractivity (Wildman–Crippen MR) is 81.9 cm³/mol. The van der Waals surface area contributed by atoms with Gasteiger partial charge in [0.2, 0.25) is 0 Å². The summed E-state index contributed by atoms with van der Waals surface area (Å²) < 4.78 is 0. The molecule has 1 unspecified atom stereocenters. The van der Waals surface area contributed by atoms with E-state index in [1.54, 1.807) is 12.3 Å². The molecular weight excluding hydrogens is 250 g/mol. The van der Waals surface area contributed by atoms with Gasteiger partial charge in [-0.1, -0.05) is 12.1 Å². The van der Waals surface area contributed by atoms with E-state index in [-0.39, 0.29) is 6.04 Å². The summed E-state index contributed by atoms with van der Waals surface area (Å²) in [7, 11) is 3.87. The van der Waals surface area contributed by atoms with Crippen molar-refractivity contribution < 1.29 is 5.11 Å². The van der Waals surface area contributed by atoms with Crippen LogP contribution in [0.1, 0.15) is 24.2 Å². The molecule has 4 heteroatoms. The summed E-state index contributed by atoms with van der Waals surface area (Å²) in [6.07, 6.45) is 1.79. The van der Waals surface area contributed by atoms with Gasteiger partial charge in [-0.05, 0) is 32.2 Å². The Kier molecular flexibility index (Phi) is 4.58. The molecule has 2 aromatic rings. The van der Waals surface area contributed by atoms with Crippen molar-refractivity contribution in [3.8, 4) is 5.75 Å². The van der Waals surface area contributed by atoms with E-state index in [1.165, 1.54) is 0 Å². The molecule has 0 radical (unpaired) electrons. The smallest absolute Gasteiger partial charge is 0.122 e. The summed E-state index contributed by atoms with van der Waals surface area (Å²) in [5.41, 5.74) is 2.88. The average molecular weight is 271 g/mol. The van der Waals surface area contributed by atoms with E-state index in [2.05, 4.69) is 15.2 Å². The molecule has 1 heterocycles. The van der Waals surface area contributed by atoms with Crippen LogP contribution in [0.4, 0.5) is 5.69 Å². The van der Waals surface area contributed by atoms with Crippen molar-refractivity contribution in [1.29, 1.82) is 0 Å². The lowest BCUT2D eigenvalue weighted by atomic mass is 10.1. The van der Waals surface area contributed by atoms with Gasteiger partial charge in [-0.3, -0.25) is 4.98 Å². The number of phenolic OH excluding ortho intramolecular Hbond substituents is 1. The summed E-state index contributed by atoms with van der Waals surface area (Å²) in [6, 6.07) is 11.8. The van der Waals surface area contributed by atoms with Crippen molar-refractivity contribution in [2.24, 2.45) is 0 Å². The monoisotopic (exact) mass is 271 g/mol. The predicted octanol–water partition coefficient (Wildman–Crippen LogP) is 2.70. The number of aromatic nitrogens is 1. The molecule has 20 heavy (non-hydrogen) atoms. The van der Waals surface area contributed by atoms with Crippen molar-refractivity contribution in [1.82, 2.24) is 10.3 Å². The Balaban J connectivity index is 2.15. The second kappa shape index (κ2) is 6.39. The number of rotatable bonds is 5. The van der Waals surface area contributed by atoms with Crippen LogP contribution in [0.5, 0.6) is 5.75 Å². The van der Waals surface area contributed by atoms with E-state index in [4.69, 9.17) is 0 Å². The number of phenols is 1. The van der Waals surface area contributed by atoms with Crippen molar-refractivity contribution in [2.75, 3.05) is 19.0 Å². The maximum Gasteiger partial charge on any atom is 0.122 e. The van der Waals surface area contributed by atoms with E-state index in [0.29, 0.717) is 12.3 Å². The first-order valence-corrected chi connectivity index (χ1v) is 6.73. The van der Waals surface area contributed by atoms with E-state index in [0.717, 1.165) is 16.9 Å². The Morgan fingerprint density at radius 1 is 1.30 bits per heavy atom. The molecule has 0 saturated carbocycles. The normalized spacial score (nSPS) is 12.2. The van der Waals surface area contributed by atoms with Gasteiger partial charge in [0.15, 0.2) is 0 Å². The molecule has 0 amide bonds. The lowest BCUT2D eigenvalue weighted by Crippen LogP contribution is -2.17. The first kappa shape index (κ1) is 14.3. The minimum Gasteiger partial charge on any atom is -0.508 e. The van der Waals surface area contributed by atoms with Crippen LogP contribution in [-0.4, -0.2) is 24.2 Å². The Labute approximate surface area is 120 Å². The maximum atomic E-state index is 10.1. The van der Waals surface area contributed by atoms with Crippen molar-refractivity contribution in [2.45, 2.75) is 19.5 Å². The third kappa shape index (κ3) is 3.27. The summed E-state index contributed by atoms with van der Waals surface area (Å²) in [4.78, 5) is 6.38. The van der Waals surface area contributed by atoms with E-state index >= 15 is 0 Å². The van der Waals surface area contributed by atoms with E-state index in [9.17, 15) is 5.11 Å². The van der Waals surface area contributed by atoms with Gasteiger partial charge in [-0.15, -0.1) is 0 Å². The third-order valence-corrected chi connectivity index (χ3v) is 3.48. The number of aromatic hydroxyl groups is 1. The lowest BCUT2D eigenvalue weighted by molar-refractivity contribution is 0.458. The van der Waals surface area contributed by atoms with Crippen LogP contribution in [0.3, 0.4) is 0 Å². The van der Waals surface area contributed by atoms with Crippen LogP contribution in [0.15, 0.2) is 42.6 Å². The number of nitrogens with zero attached hydrogens (tertiary/aromatic N) is 2. The van der Waals surface area contributed by atoms with Gasteiger partial charge in [0, 0.05) is 36.6 Å². The Bertz CT molecular complexity index is 557. The quantitative estimate of drug-likeness (QED) is 0.878. The van der Waals surface area contributed by atoms with Crippen LogP contribution >= 0.6 is 0 Å². The largest absolute Gasteiger partial charge is 0.508 e. The van der Waals surface area contributed by atoms with Crippen molar-refractivity contribution >= 4 is 5.69 Å². The van der Waals surface area contributed by atoms with Gasteiger partial charge in [-0.2, -0.15) is 0 Å². The second-order valence-corrected chi connectivity index (χ2v) is 4.93. The number of benzene rings is 1. The third-order valence-electron chi connectivity index (χ3n) is 3.48. The van der Waals surface area contributed by atoms with Gasteiger partial charge < -0.3 is 15.3 Å². The molecule has 0 aliphatic heterocycles. The fourth-order valence-electron chi connectivity index (χ4n) is 2.12. The zero-order valence-electron chi connectivity index (χ0n) is 12.2. The molecule has 4 nitrogen and oxygen atoms in total. The standard InChI is InChI=1S/C16H21N3O/c1-12(17-2)15-8-7-14(10-16(15)20)19(3)11-13-6-4-5-9-18-13/h4-10,12,17,20H,11H2,1-3H3. The number of hydrogen-bond donors (Lipinski definition) is 2. The fourth-order valence-corrected chi connectivity index (χ4v) is 2.12. The number of pyridine rings is 1. The Hall–Kier alpha value is -2.07. The first-order valence-electron chi connectivity index (χ1n) is 6.73. The Morgan fingerprint density at radius 2 is 2.10 bits per heavy atom.